The standard InChI is InChI=1S/C10H21NO/c1-5-6-10(12-4)9(11)7-8(2)3/h7,9-10H,5-6,11H2,1-4H3. The second kappa shape index (κ2) is 6.21. The molecule has 0 aliphatic rings. The Morgan fingerprint density at radius 3 is 2.42 bits per heavy atom. The van der Waals surface area contributed by atoms with Gasteiger partial charge in [-0.05, 0) is 20.3 Å². The Bertz CT molecular complexity index is 139. The molecule has 12 heavy (non-hydrogen) atoms. The third-order valence-corrected chi connectivity index (χ3v) is 1.83. The van der Waals surface area contributed by atoms with Crippen molar-refractivity contribution in [1.82, 2.24) is 0 Å². The average Bonchev–Trinajstić information content (AvgIpc) is 1.98. The summed E-state index contributed by atoms with van der Waals surface area (Å²) in [5.74, 6) is 0. The predicted octanol–water partition coefficient (Wildman–Crippen LogP) is 2.09. The van der Waals surface area contributed by atoms with Gasteiger partial charge in [-0.25, -0.2) is 0 Å². The van der Waals surface area contributed by atoms with E-state index in [0.29, 0.717) is 0 Å². The highest BCUT2D eigenvalue weighted by atomic mass is 16.5. The molecule has 0 spiro atoms. The van der Waals surface area contributed by atoms with Gasteiger partial charge < -0.3 is 10.5 Å². The topological polar surface area (TPSA) is 35.2 Å². The number of hydrogen-bond donors (Lipinski definition) is 1. The molecule has 0 aliphatic heterocycles. The highest BCUT2D eigenvalue weighted by Crippen LogP contribution is 2.07. The Kier molecular flexibility index (Phi) is 6.03. The second-order valence-corrected chi connectivity index (χ2v) is 3.38. The van der Waals surface area contributed by atoms with Gasteiger partial charge in [-0.15, -0.1) is 0 Å². The molecule has 72 valence electrons. The van der Waals surface area contributed by atoms with E-state index in [2.05, 4.69) is 26.8 Å². The molecule has 0 aromatic rings. The van der Waals surface area contributed by atoms with Crippen LogP contribution in [0.5, 0.6) is 0 Å². The number of hydrogen-bond acceptors (Lipinski definition) is 2. The first kappa shape index (κ1) is 11.7. The zero-order valence-corrected chi connectivity index (χ0v) is 8.63. The number of methoxy groups -OCH3 is 1. The van der Waals surface area contributed by atoms with Crippen LogP contribution in [0, 0.1) is 0 Å². The second-order valence-electron chi connectivity index (χ2n) is 3.38. The third kappa shape index (κ3) is 4.52. The lowest BCUT2D eigenvalue weighted by Crippen LogP contribution is -2.34. The van der Waals surface area contributed by atoms with Crippen molar-refractivity contribution in [2.75, 3.05) is 7.11 Å². The van der Waals surface area contributed by atoms with Gasteiger partial charge in [0.25, 0.3) is 0 Å². The van der Waals surface area contributed by atoms with Gasteiger partial charge in [0.1, 0.15) is 0 Å². The van der Waals surface area contributed by atoms with Crippen LogP contribution in [0.3, 0.4) is 0 Å². The molecule has 0 fully saturated rings. The molecule has 0 radical (unpaired) electrons. The van der Waals surface area contributed by atoms with Crippen LogP contribution in [0.15, 0.2) is 11.6 Å². The zero-order chi connectivity index (χ0) is 9.56. The van der Waals surface area contributed by atoms with Gasteiger partial charge in [-0.3, -0.25) is 0 Å². The van der Waals surface area contributed by atoms with Gasteiger partial charge in [-0.1, -0.05) is 25.0 Å². The normalized spacial score (nSPS) is 15.4. The predicted molar refractivity (Wildman–Crippen MR) is 53.1 cm³/mol. The van der Waals surface area contributed by atoms with Crippen molar-refractivity contribution in [3.05, 3.63) is 11.6 Å². The third-order valence-electron chi connectivity index (χ3n) is 1.83. The Morgan fingerprint density at radius 2 is 2.08 bits per heavy atom. The smallest absolute Gasteiger partial charge is 0.0757 e. The van der Waals surface area contributed by atoms with E-state index in [4.69, 9.17) is 10.5 Å². The monoisotopic (exact) mass is 171 g/mol. The first-order valence-electron chi connectivity index (χ1n) is 4.55. The molecule has 0 rings (SSSR count). The van der Waals surface area contributed by atoms with E-state index in [1.54, 1.807) is 7.11 Å². The highest BCUT2D eigenvalue weighted by molar-refractivity contribution is 5.02. The maximum Gasteiger partial charge on any atom is 0.0757 e. The molecular weight excluding hydrogens is 150 g/mol. The lowest BCUT2D eigenvalue weighted by atomic mass is 10.1. The minimum Gasteiger partial charge on any atom is -0.380 e. The summed E-state index contributed by atoms with van der Waals surface area (Å²) in [7, 11) is 1.72. The molecule has 0 amide bonds. The van der Waals surface area contributed by atoms with Crippen LogP contribution in [0.25, 0.3) is 0 Å². The van der Waals surface area contributed by atoms with E-state index in [1.807, 2.05) is 0 Å². The Hall–Kier alpha value is -0.340. The van der Waals surface area contributed by atoms with Crippen LogP contribution in [0.2, 0.25) is 0 Å². The summed E-state index contributed by atoms with van der Waals surface area (Å²) >= 11 is 0. The summed E-state index contributed by atoms with van der Waals surface area (Å²) in [4.78, 5) is 0. The van der Waals surface area contributed by atoms with Gasteiger partial charge in [0.2, 0.25) is 0 Å². The molecule has 0 saturated carbocycles. The quantitative estimate of drug-likeness (QED) is 0.643. The lowest BCUT2D eigenvalue weighted by molar-refractivity contribution is 0.0842. The Balaban J connectivity index is 4.02. The summed E-state index contributed by atoms with van der Waals surface area (Å²) in [5, 5.41) is 0. The summed E-state index contributed by atoms with van der Waals surface area (Å²) < 4.78 is 5.28. The van der Waals surface area contributed by atoms with Crippen LogP contribution in [0.1, 0.15) is 33.6 Å². The molecule has 0 aromatic carbocycles. The van der Waals surface area contributed by atoms with Crippen molar-refractivity contribution in [3.8, 4) is 0 Å². The first-order chi connectivity index (χ1) is 5.61. The fourth-order valence-electron chi connectivity index (χ4n) is 1.24. The zero-order valence-electron chi connectivity index (χ0n) is 8.63. The first-order valence-corrected chi connectivity index (χ1v) is 4.55. The minimum atomic E-state index is 0.0416. The van der Waals surface area contributed by atoms with Crippen LogP contribution < -0.4 is 5.73 Å². The van der Waals surface area contributed by atoms with E-state index in [-0.39, 0.29) is 12.1 Å². The van der Waals surface area contributed by atoms with Gasteiger partial charge in [-0.2, -0.15) is 0 Å². The molecule has 2 unspecified atom stereocenters. The highest BCUT2D eigenvalue weighted by Gasteiger charge is 2.12. The molecule has 0 aliphatic carbocycles. The largest absolute Gasteiger partial charge is 0.380 e. The number of allylic oxidation sites excluding steroid dienone is 1. The molecule has 2 heteroatoms. The van der Waals surface area contributed by atoms with Crippen molar-refractivity contribution in [2.24, 2.45) is 5.73 Å². The molecule has 2 nitrogen and oxygen atoms in total. The fourth-order valence-corrected chi connectivity index (χ4v) is 1.24. The molecule has 2 N–H and O–H groups in total. The van der Waals surface area contributed by atoms with Crippen LogP contribution in [0.4, 0.5) is 0 Å². The van der Waals surface area contributed by atoms with E-state index >= 15 is 0 Å². The van der Waals surface area contributed by atoms with Crippen LogP contribution in [-0.4, -0.2) is 19.3 Å². The van der Waals surface area contributed by atoms with E-state index in [0.717, 1.165) is 12.8 Å². The lowest BCUT2D eigenvalue weighted by Gasteiger charge is -2.19. The van der Waals surface area contributed by atoms with E-state index < -0.39 is 0 Å². The average molecular weight is 171 g/mol. The van der Waals surface area contributed by atoms with Crippen molar-refractivity contribution < 1.29 is 4.74 Å². The molecule has 0 bridgehead atoms. The molecule has 0 saturated heterocycles. The summed E-state index contributed by atoms with van der Waals surface area (Å²) in [6.45, 7) is 6.25. The fraction of sp³-hybridized carbons (Fsp3) is 0.800. The summed E-state index contributed by atoms with van der Waals surface area (Å²) in [6.07, 6.45) is 4.37. The molecule has 0 heterocycles. The SMILES string of the molecule is CCCC(OC)C(N)C=C(C)C. The molecular formula is C10H21NO. The van der Waals surface area contributed by atoms with Crippen LogP contribution in [-0.2, 0) is 4.74 Å². The summed E-state index contributed by atoms with van der Waals surface area (Å²) in [6, 6.07) is 0.0416. The summed E-state index contributed by atoms with van der Waals surface area (Å²) in [5.41, 5.74) is 7.16. The van der Waals surface area contributed by atoms with Crippen molar-refractivity contribution in [2.45, 2.75) is 45.8 Å². The maximum atomic E-state index is 5.91. The van der Waals surface area contributed by atoms with Crippen molar-refractivity contribution in [1.29, 1.82) is 0 Å². The van der Waals surface area contributed by atoms with Gasteiger partial charge in [0.15, 0.2) is 0 Å². The Morgan fingerprint density at radius 1 is 1.50 bits per heavy atom. The van der Waals surface area contributed by atoms with Crippen molar-refractivity contribution in [3.63, 3.8) is 0 Å². The number of nitrogens with two attached hydrogens (primary N) is 1. The number of rotatable bonds is 5. The molecule has 2 atom stereocenters. The Labute approximate surface area is 75.8 Å². The maximum absolute atomic E-state index is 5.91. The van der Waals surface area contributed by atoms with Crippen LogP contribution >= 0.6 is 0 Å². The minimum absolute atomic E-state index is 0.0416. The van der Waals surface area contributed by atoms with Gasteiger partial charge in [0.05, 0.1) is 6.10 Å². The van der Waals surface area contributed by atoms with E-state index in [1.165, 1.54) is 5.57 Å². The van der Waals surface area contributed by atoms with Crippen molar-refractivity contribution >= 4 is 0 Å². The van der Waals surface area contributed by atoms with E-state index in [9.17, 15) is 0 Å². The molecule has 0 aromatic heterocycles. The number of ether oxygens (including phenoxy) is 1. The van der Waals surface area contributed by atoms with Gasteiger partial charge >= 0.3 is 0 Å². The van der Waals surface area contributed by atoms with Gasteiger partial charge in [0, 0.05) is 13.2 Å².